The lowest BCUT2D eigenvalue weighted by Crippen LogP contribution is -2.47. The van der Waals surface area contributed by atoms with Crippen LogP contribution in [0.3, 0.4) is 0 Å². The molecular weight excluding hydrogens is 196 g/mol. The highest BCUT2D eigenvalue weighted by Gasteiger charge is 2.51. The fourth-order valence-electron chi connectivity index (χ4n) is 2.18. The lowest BCUT2D eigenvalue weighted by atomic mass is 9.92. The van der Waals surface area contributed by atoms with Crippen LogP contribution in [0, 0.1) is 0 Å². The van der Waals surface area contributed by atoms with Crippen molar-refractivity contribution in [1.82, 2.24) is 0 Å². The normalized spacial score (nSPS) is 29.5. The Morgan fingerprint density at radius 2 is 1.93 bits per heavy atom. The smallest absolute Gasteiger partial charge is 0.160 e. The lowest BCUT2D eigenvalue weighted by molar-refractivity contribution is 0.449. The molecule has 0 aliphatic carbocycles. The Labute approximate surface area is 84.9 Å². The van der Waals surface area contributed by atoms with Gasteiger partial charge in [-0.05, 0) is 18.4 Å². The summed E-state index contributed by atoms with van der Waals surface area (Å²) in [5.41, 5.74) is 0.953. The molecular formula is C11H14O2S. The molecule has 0 radical (unpaired) electrons. The molecule has 1 fully saturated rings. The first-order valence-corrected chi connectivity index (χ1v) is 6.55. The summed E-state index contributed by atoms with van der Waals surface area (Å²) < 4.78 is 23.0. The van der Waals surface area contributed by atoms with Crippen molar-refractivity contribution in [3.8, 4) is 0 Å². The topological polar surface area (TPSA) is 34.1 Å². The van der Waals surface area contributed by atoms with E-state index in [1.165, 1.54) is 0 Å². The first-order chi connectivity index (χ1) is 6.62. The molecule has 3 heteroatoms. The van der Waals surface area contributed by atoms with Crippen LogP contribution in [0.1, 0.15) is 25.3 Å². The molecule has 0 amide bonds. The van der Waals surface area contributed by atoms with Crippen LogP contribution < -0.4 is 0 Å². The van der Waals surface area contributed by atoms with Gasteiger partial charge < -0.3 is 0 Å². The predicted octanol–water partition coefficient (Wildman–Crippen LogP) is 2.11. The zero-order valence-corrected chi connectivity index (χ0v) is 9.05. The maximum atomic E-state index is 11.8. The van der Waals surface area contributed by atoms with E-state index in [0.29, 0.717) is 12.2 Å². The van der Waals surface area contributed by atoms with Crippen molar-refractivity contribution in [2.75, 3.05) is 5.75 Å². The maximum Gasteiger partial charge on any atom is 0.160 e. The summed E-state index contributed by atoms with van der Waals surface area (Å²) in [4.78, 5) is 0. The van der Waals surface area contributed by atoms with E-state index in [1.54, 1.807) is 0 Å². The van der Waals surface area contributed by atoms with Crippen LogP contribution in [0.2, 0.25) is 0 Å². The minimum Gasteiger partial charge on any atom is -0.228 e. The van der Waals surface area contributed by atoms with E-state index in [9.17, 15) is 8.42 Å². The van der Waals surface area contributed by atoms with Gasteiger partial charge in [-0.3, -0.25) is 0 Å². The Hall–Kier alpha value is -0.830. The quantitative estimate of drug-likeness (QED) is 0.749. The summed E-state index contributed by atoms with van der Waals surface area (Å²) in [5.74, 6) is 0.343. The Kier molecular flexibility index (Phi) is 2.14. The first kappa shape index (κ1) is 9.71. The van der Waals surface area contributed by atoms with Crippen molar-refractivity contribution in [2.45, 2.75) is 24.5 Å². The molecule has 0 aromatic heterocycles. The fraction of sp³-hybridized carbons (Fsp3) is 0.455. The Morgan fingerprint density at radius 1 is 1.29 bits per heavy atom. The largest absolute Gasteiger partial charge is 0.228 e. The monoisotopic (exact) mass is 210 g/mol. The molecule has 1 atom stereocenters. The minimum absolute atomic E-state index is 0.343. The van der Waals surface area contributed by atoms with Crippen LogP contribution in [0.25, 0.3) is 0 Å². The summed E-state index contributed by atoms with van der Waals surface area (Å²) in [5, 5.41) is 0. The van der Waals surface area contributed by atoms with E-state index < -0.39 is 14.6 Å². The number of benzene rings is 1. The van der Waals surface area contributed by atoms with Crippen LogP contribution >= 0.6 is 0 Å². The van der Waals surface area contributed by atoms with Crippen molar-refractivity contribution in [1.29, 1.82) is 0 Å². The maximum absolute atomic E-state index is 11.8. The Bertz CT molecular complexity index is 418. The number of hydrogen-bond acceptors (Lipinski definition) is 2. The van der Waals surface area contributed by atoms with Crippen LogP contribution in [0.5, 0.6) is 0 Å². The molecule has 0 bridgehead atoms. The zero-order valence-electron chi connectivity index (χ0n) is 8.23. The van der Waals surface area contributed by atoms with Crippen molar-refractivity contribution < 1.29 is 8.42 Å². The molecule has 0 spiro atoms. The average molecular weight is 210 g/mol. The van der Waals surface area contributed by atoms with E-state index >= 15 is 0 Å². The molecule has 14 heavy (non-hydrogen) atoms. The highest BCUT2D eigenvalue weighted by atomic mass is 32.2. The third-order valence-corrected chi connectivity index (χ3v) is 5.90. The number of rotatable bonds is 2. The first-order valence-electron chi connectivity index (χ1n) is 4.90. The molecule has 1 aliphatic heterocycles. The summed E-state index contributed by atoms with van der Waals surface area (Å²) in [6.07, 6.45) is 1.45. The molecule has 1 heterocycles. The van der Waals surface area contributed by atoms with Gasteiger partial charge in [0, 0.05) is 0 Å². The van der Waals surface area contributed by atoms with Crippen LogP contribution in [-0.4, -0.2) is 14.2 Å². The number of hydrogen-bond donors (Lipinski definition) is 0. The average Bonchev–Trinajstić information content (AvgIpc) is 2.19. The third-order valence-electron chi connectivity index (χ3n) is 3.24. The molecule has 1 aromatic carbocycles. The molecule has 0 saturated carbocycles. The highest BCUT2D eigenvalue weighted by molar-refractivity contribution is 7.93. The Balaban J connectivity index is 2.51. The molecule has 1 saturated heterocycles. The van der Waals surface area contributed by atoms with E-state index in [2.05, 4.69) is 0 Å². The van der Waals surface area contributed by atoms with Gasteiger partial charge in [0.2, 0.25) is 0 Å². The second-order valence-corrected chi connectivity index (χ2v) is 6.20. The molecule has 2 rings (SSSR count). The van der Waals surface area contributed by atoms with Crippen molar-refractivity contribution in [2.24, 2.45) is 0 Å². The molecule has 1 aromatic rings. The van der Waals surface area contributed by atoms with Crippen molar-refractivity contribution >= 4 is 9.84 Å². The van der Waals surface area contributed by atoms with Crippen LogP contribution in [0.4, 0.5) is 0 Å². The molecule has 0 N–H and O–H groups in total. The summed E-state index contributed by atoms with van der Waals surface area (Å²) in [6, 6.07) is 9.56. The van der Waals surface area contributed by atoms with E-state index in [-0.39, 0.29) is 0 Å². The van der Waals surface area contributed by atoms with Gasteiger partial charge in [-0.25, -0.2) is 8.42 Å². The molecule has 76 valence electrons. The molecule has 1 aliphatic rings. The lowest BCUT2D eigenvalue weighted by Gasteiger charge is -2.40. The molecule has 2 nitrogen and oxygen atoms in total. The van der Waals surface area contributed by atoms with E-state index in [4.69, 9.17) is 0 Å². The van der Waals surface area contributed by atoms with E-state index in [1.807, 2.05) is 37.3 Å². The van der Waals surface area contributed by atoms with Gasteiger partial charge in [-0.2, -0.15) is 0 Å². The van der Waals surface area contributed by atoms with Crippen molar-refractivity contribution in [3.63, 3.8) is 0 Å². The minimum atomic E-state index is -2.89. The number of sulfone groups is 1. The van der Waals surface area contributed by atoms with Gasteiger partial charge in [0.25, 0.3) is 0 Å². The van der Waals surface area contributed by atoms with Gasteiger partial charge in [0.05, 0.1) is 10.5 Å². The predicted molar refractivity (Wildman–Crippen MR) is 56.8 cm³/mol. The van der Waals surface area contributed by atoms with Gasteiger partial charge in [0.1, 0.15) is 0 Å². The van der Waals surface area contributed by atoms with E-state index in [0.717, 1.165) is 12.0 Å². The summed E-state index contributed by atoms with van der Waals surface area (Å²) in [6.45, 7) is 1.95. The van der Waals surface area contributed by atoms with Crippen molar-refractivity contribution in [3.05, 3.63) is 35.9 Å². The summed E-state index contributed by atoms with van der Waals surface area (Å²) >= 11 is 0. The standard InChI is InChI=1S/C11H14O2S/c1-2-11(8-9-14(11,12)13)10-6-4-3-5-7-10/h3-7H,2,8-9H2,1H3. The van der Waals surface area contributed by atoms with Gasteiger partial charge in [-0.15, -0.1) is 0 Å². The molecule has 1 unspecified atom stereocenters. The van der Waals surface area contributed by atoms with Gasteiger partial charge in [0.15, 0.2) is 9.84 Å². The fourth-order valence-corrected chi connectivity index (χ4v) is 4.15. The zero-order chi connectivity index (χ0) is 10.2. The second-order valence-electron chi connectivity index (χ2n) is 3.78. The van der Waals surface area contributed by atoms with Gasteiger partial charge >= 0.3 is 0 Å². The summed E-state index contributed by atoms with van der Waals surface area (Å²) in [7, 11) is -2.89. The third kappa shape index (κ3) is 1.12. The Morgan fingerprint density at radius 3 is 2.29 bits per heavy atom. The van der Waals surface area contributed by atoms with Crippen LogP contribution in [0.15, 0.2) is 30.3 Å². The van der Waals surface area contributed by atoms with Gasteiger partial charge in [-0.1, -0.05) is 37.3 Å². The second kappa shape index (κ2) is 3.09. The SMILES string of the molecule is CCC1(c2ccccc2)CCS1(=O)=O. The van der Waals surface area contributed by atoms with Crippen LogP contribution in [-0.2, 0) is 14.6 Å². The highest BCUT2D eigenvalue weighted by Crippen LogP contribution is 2.45.